The Hall–Kier alpha value is -1.60. The summed E-state index contributed by atoms with van der Waals surface area (Å²) in [5, 5.41) is 10.9. The van der Waals surface area contributed by atoms with Crippen molar-refractivity contribution in [3.63, 3.8) is 0 Å². The second-order valence-electron chi connectivity index (χ2n) is 6.04. The average molecular weight is 322 g/mol. The Morgan fingerprint density at radius 2 is 2.17 bits per heavy atom. The fourth-order valence-corrected chi connectivity index (χ4v) is 2.62. The number of morpholine rings is 1. The van der Waals surface area contributed by atoms with E-state index < -0.39 is 0 Å². The van der Waals surface area contributed by atoms with Crippen LogP contribution in [0.4, 0.5) is 0 Å². The molecule has 0 aromatic carbocycles. The van der Waals surface area contributed by atoms with Gasteiger partial charge in [-0.2, -0.15) is 5.10 Å². The van der Waals surface area contributed by atoms with Gasteiger partial charge in [-0.1, -0.05) is 6.92 Å². The maximum absolute atomic E-state index is 5.39. The fraction of sp³-hybridized carbons (Fsp3) is 0.750. The highest BCUT2D eigenvalue weighted by Gasteiger charge is 2.13. The van der Waals surface area contributed by atoms with Crippen molar-refractivity contribution in [2.45, 2.75) is 20.4 Å². The van der Waals surface area contributed by atoms with Gasteiger partial charge in [0.2, 0.25) is 0 Å². The first-order valence-corrected chi connectivity index (χ1v) is 8.48. The van der Waals surface area contributed by atoms with Gasteiger partial charge < -0.3 is 15.4 Å². The molecule has 0 aliphatic carbocycles. The van der Waals surface area contributed by atoms with Crippen molar-refractivity contribution in [2.75, 3.05) is 45.9 Å². The second-order valence-corrected chi connectivity index (χ2v) is 6.04. The average Bonchev–Trinajstić information content (AvgIpc) is 2.96. The molecule has 0 saturated carbocycles. The zero-order valence-corrected chi connectivity index (χ0v) is 14.6. The molecule has 1 atom stereocenters. The molecule has 2 rings (SSSR count). The molecule has 130 valence electrons. The van der Waals surface area contributed by atoms with Crippen LogP contribution in [-0.4, -0.2) is 66.6 Å². The first kappa shape index (κ1) is 17.7. The SMILES string of the molecule is CCNC(=NCc1ccnn1C)NCC(C)CN1CCOCC1. The molecule has 7 heteroatoms. The van der Waals surface area contributed by atoms with E-state index in [2.05, 4.69) is 39.5 Å². The molecule has 2 heterocycles. The van der Waals surface area contributed by atoms with Crippen LogP contribution in [0, 0.1) is 5.92 Å². The van der Waals surface area contributed by atoms with E-state index in [9.17, 15) is 0 Å². The Morgan fingerprint density at radius 1 is 1.39 bits per heavy atom. The van der Waals surface area contributed by atoms with E-state index in [0.29, 0.717) is 12.5 Å². The maximum atomic E-state index is 5.39. The van der Waals surface area contributed by atoms with Crippen LogP contribution in [0.25, 0.3) is 0 Å². The molecule has 7 nitrogen and oxygen atoms in total. The molecular formula is C16H30N6O. The minimum absolute atomic E-state index is 0.564. The minimum Gasteiger partial charge on any atom is -0.379 e. The predicted octanol–water partition coefficient (Wildman–Crippen LogP) is 0.444. The number of rotatable bonds is 7. The topological polar surface area (TPSA) is 66.7 Å². The van der Waals surface area contributed by atoms with Crippen LogP contribution in [0.2, 0.25) is 0 Å². The van der Waals surface area contributed by atoms with Gasteiger partial charge >= 0.3 is 0 Å². The molecule has 0 spiro atoms. The van der Waals surface area contributed by atoms with Crippen molar-refractivity contribution < 1.29 is 4.74 Å². The van der Waals surface area contributed by atoms with Crippen molar-refractivity contribution in [1.29, 1.82) is 0 Å². The lowest BCUT2D eigenvalue weighted by Crippen LogP contribution is -2.44. The number of nitrogens with zero attached hydrogens (tertiary/aromatic N) is 4. The van der Waals surface area contributed by atoms with Crippen molar-refractivity contribution in [3.05, 3.63) is 18.0 Å². The Bertz CT molecular complexity index is 481. The molecule has 0 radical (unpaired) electrons. The van der Waals surface area contributed by atoms with E-state index in [1.807, 2.05) is 17.8 Å². The van der Waals surface area contributed by atoms with E-state index in [0.717, 1.165) is 57.6 Å². The summed E-state index contributed by atoms with van der Waals surface area (Å²) in [5.41, 5.74) is 1.10. The molecule has 1 fully saturated rings. The summed E-state index contributed by atoms with van der Waals surface area (Å²) in [5.74, 6) is 1.43. The number of guanidine groups is 1. The Morgan fingerprint density at radius 3 is 2.83 bits per heavy atom. The van der Waals surface area contributed by atoms with Gasteiger partial charge in [-0.05, 0) is 18.9 Å². The first-order chi connectivity index (χ1) is 11.2. The first-order valence-electron chi connectivity index (χ1n) is 8.48. The van der Waals surface area contributed by atoms with Crippen molar-refractivity contribution in [2.24, 2.45) is 18.0 Å². The summed E-state index contributed by atoms with van der Waals surface area (Å²) < 4.78 is 7.25. The van der Waals surface area contributed by atoms with Crippen molar-refractivity contribution in [3.8, 4) is 0 Å². The molecule has 0 bridgehead atoms. The third-order valence-corrected chi connectivity index (χ3v) is 3.96. The highest BCUT2D eigenvalue weighted by molar-refractivity contribution is 5.79. The lowest BCUT2D eigenvalue weighted by atomic mass is 10.1. The molecule has 23 heavy (non-hydrogen) atoms. The maximum Gasteiger partial charge on any atom is 0.191 e. The minimum atomic E-state index is 0.564. The highest BCUT2D eigenvalue weighted by atomic mass is 16.5. The fourth-order valence-electron chi connectivity index (χ4n) is 2.62. The normalized spacial score (nSPS) is 18.0. The summed E-state index contributed by atoms with van der Waals surface area (Å²) in [6.07, 6.45) is 1.80. The van der Waals surface area contributed by atoms with Gasteiger partial charge in [0.05, 0.1) is 25.5 Å². The Balaban J connectivity index is 1.77. The molecule has 2 N–H and O–H groups in total. The number of aromatic nitrogens is 2. The van der Waals surface area contributed by atoms with E-state index in [-0.39, 0.29) is 0 Å². The van der Waals surface area contributed by atoms with Crippen molar-refractivity contribution in [1.82, 2.24) is 25.3 Å². The number of aryl methyl sites for hydroxylation is 1. The van der Waals surface area contributed by atoms with E-state index >= 15 is 0 Å². The van der Waals surface area contributed by atoms with Crippen LogP contribution < -0.4 is 10.6 Å². The quantitative estimate of drug-likeness (QED) is 0.563. The summed E-state index contributed by atoms with van der Waals surface area (Å²) in [6.45, 7) is 11.6. The second kappa shape index (κ2) is 9.52. The zero-order chi connectivity index (χ0) is 16.5. The predicted molar refractivity (Wildman–Crippen MR) is 92.4 cm³/mol. The van der Waals surface area contributed by atoms with E-state index in [1.165, 1.54) is 0 Å². The molecule has 1 aromatic rings. The number of aliphatic imine (C=N–C) groups is 1. The summed E-state index contributed by atoms with van der Waals surface area (Å²) in [6, 6.07) is 1.99. The van der Waals surface area contributed by atoms with Gasteiger partial charge in [-0.15, -0.1) is 0 Å². The van der Waals surface area contributed by atoms with Gasteiger partial charge in [0.1, 0.15) is 0 Å². The van der Waals surface area contributed by atoms with Crippen LogP contribution in [0.1, 0.15) is 19.5 Å². The monoisotopic (exact) mass is 322 g/mol. The third-order valence-electron chi connectivity index (χ3n) is 3.96. The largest absolute Gasteiger partial charge is 0.379 e. The standard InChI is InChI=1S/C16H30N6O/c1-4-17-16(19-12-15-5-6-20-21(15)3)18-11-14(2)13-22-7-9-23-10-8-22/h5-6,14H,4,7-13H2,1-3H3,(H2,17,18,19). The smallest absolute Gasteiger partial charge is 0.191 e. The van der Waals surface area contributed by atoms with Gasteiger partial charge in [-0.3, -0.25) is 9.58 Å². The van der Waals surface area contributed by atoms with Crippen LogP contribution in [0.3, 0.4) is 0 Å². The zero-order valence-electron chi connectivity index (χ0n) is 14.6. The highest BCUT2D eigenvalue weighted by Crippen LogP contribution is 2.03. The third kappa shape index (κ3) is 6.19. The molecule has 1 aromatic heterocycles. The molecule has 0 amide bonds. The van der Waals surface area contributed by atoms with Crippen LogP contribution >= 0.6 is 0 Å². The number of nitrogens with one attached hydrogen (secondary N) is 2. The van der Waals surface area contributed by atoms with Gasteiger partial charge in [-0.25, -0.2) is 4.99 Å². The summed E-state index contributed by atoms with van der Waals surface area (Å²) >= 11 is 0. The van der Waals surface area contributed by atoms with Crippen LogP contribution in [-0.2, 0) is 18.3 Å². The van der Waals surface area contributed by atoms with Gasteiger partial charge in [0.15, 0.2) is 5.96 Å². The Kier molecular flexibility index (Phi) is 7.35. The number of hydrogen-bond donors (Lipinski definition) is 2. The lowest BCUT2D eigenvalue weighted by molar-refractivity contribution is 0.0320. The molecule has 1 unspecified atom stereocenters. The van der Waals surface area contributed by atoms with Crippen LogP contribution in [0.15, 0.2) is 17.3 Å². The molecule has 1 aliphatic rings. The number of ether oxygens (including phenoxy) is 1. The van der Waals surface area contributed by atoms with E-state index in [1.54, 1.807) is 6.20 Å². The molecular weight excluding hydrogens is 292 g/mol. The summed E-state index contributed by atoms with van der Waals surface area (Å²) in [4.78, 5) is 7.10. The van der Waals surface area contributed by atoms with Crippen LogP contribution in [0.5, 0.6) is 0 Å². The summed E-state index contributed by atoms with van der Waals surface area (Å²) in [7, 11) is 1.94. The van der Waals surface area contributed by atoms with Gasteiger partial charge in [0.25, 0.3) is 0 Å². The van der Waals surface area contributed by atoms with E-state index in [4.69, 9.17) is 4.74 Å². The lowest BCUT2D eigenvalue weighted by Gasteiger charge is -2.29. The number of hydrogen-bond acceptors (Lipinski definition) is 4. The van der Waals surface area contributed by atoms with Crippen molar-refractivity contribution >= 4 is 5.96 Å². The van der Waals surface area contributed by atoms with Gasteiger partial charge in [0, 0.05) is 46.0 Å². The molecule has 1 saturated heterocycles. The Labute approximate surface area is 139 Å². The molecule has 1 aliphatic heterocycles.